The Kier molecular flexibility index (Phi) is 4.94. The van der Waals surface area contributed by atoms with Crippen LogP contribution in [0.4, 0.5) is 0 Å². The first-order chi connectivity index (χ1) is 9.86. The topological polar surface area (TPSA) is 55.6 Å². The molecule has 1 heterocycles. The third-order valence-electron chi connectivity index (χ3n) is 4.47. The average molecular weight is 295 g/mol. The van der Waals surface area contributed by atoms with Crippen molar-refractivity contribution in [3.63, 3.8) is 0 Å². The van der Waals surface area contributed by atoms with Crippen molar-refractivity contribution in [3.8, 4) is 0 Å². The summed E-state index contributed by atoms with van der Waals surface area (Å²) in [6.45, 7) is 3.37. The Labute approximate surface area is 125 Å². The molecule has 20 heavy (non-hydrogen) atoms. The normalized spacial score (nSPS) is 27.4. The number of rotatable bonds is 6. The van der Waals surface area contributed by atoms with Crippen LogP contribution < -0.4 is 5.32 Å². The van der Waals surface area contributed by atoms with E-state index in [0.29, 0.717) is 17.3 Å². The summed E-state index contributed by atoms with van der Waals surface area (Å²) in [4.78, 5) is 0. The molecule has 2 aliphatic carbocycles. The van der Waals surface area contributed by atoms with Gasteiger partial charge in [-0.05, 0) is 55.5 Å². The zero-order chi connectivity index (χ0) is 13.8. The maximum atomic E-state index is 4.26. The van der Waals surface area contributed by atoms with Crippen molar-refractivity contribution in [2.24, 2.45) is 0 Å². The van der Waals surface area contributed by atoms with Crippen LogP contribution in [0.25, 0.3) is 0 Å². The molecule has 0 radical (unpaired) electrons. The van der Waals surface area contributed by atoms with E-state index in [4.69, 9.17) is 0 Å². The third kappa shape index (κ3) is 3.34. The monoisotopic (exact) mass is 295 g/mol. The maximum Gasteiger partial charge on any atom is 0.209 e. The molecular weight excluding hydrogens is 270 g/mol. The molecule has 6 heteroatoms. The molecule has 2 atom stereocenters. The third-order valence-corrected chi connectivity index (χ3v) is 5.71. The smallest absolute Gasteiger partial charge is 0.209 e. The first-order valence-electron chi connectivity index (χ1n) is 8.04. The molecule has 0 saturated heterocycles. The summed E-state index contributed by atoms with van der Waals surface area (Å²) < 4.78 is 2.09. The van der Waals surface area contributed by atoms with Crippen molar-refractivity contribution in [1.82, 2.24) is 25.5 Å². The van der Waals surface area contributed by atoms with Crippen LogP contribution >= 0.6 is 11.8 Å². The summed E-state index contributed by atoms with van der Waals surface area (Å²) in [6.07, 6.45) is 10.2. The van der Waals surface area contributed by atoms with E-state index in [-0.39, 0.29) is 0 Å². The fourth-order valence-electron chi connectivity index (χ4n) is 3.37. The summed E-state index contributed by atoms with van der Waals surface area (Å²) in [5, 5.41) is 17.7. The highest BCUT2D eigenvalue weighted by Crippen LogP contribution is 2.37. The number of hydrogen-bond donors (Lipinski definition) is 1. The minimum Gasteiger partial charge on any atom is -0.314 e. The molecule has 0 aliphatic heterocycles. The lowest BCUT2D eigenvalue weighted by Gasteiger charge is -2.14. The van der Waals surface area contributed by atoms with E-state index in [1.807, 2.05) is 11.8 Å². The lowest BCUT2D eigenvalue weighted by Crippen LogP contribution is -2.27. The Hall–Kier alpha value is -0.620. The summed E-state index contributed by atoms with van der Waals surface area (Å²) >= 11 is 1.90. The van der Waals surface area contributed by atoms with E-state index in [0.717, 1.165) is 11.7 Å². The van der Waals surface area contributed by atoms with Crippen LogP contribution in [0.5, 0.6) is 0 Å². The highest BCUT2D eigenvalue weighted by Gasteiger charge is 2.28. The summed E-state index contributed by atoms with van der Waals surface area (Å²) in [6, 6.07) is 1.24. The zero-order valence-electron chi connectivity index (χ0n) is 12.3. The van der Waals surface area contributed by atoms with Gasteiger partial charge in [-0.25, -0.2) is 4.68 Å². The summed E-state index contributed by atoms with van der Waals surface area (Å²) in [7, 11) is 0. The lowest BCUT2D eigenvalue weighted by molar-refractivity contribution is 0.422. The quantitative estimate of drug-likeness (QED) is 0.874. The average Bonchev–Trinajstić information content (AvgIpc) is 3.18. The minimum atomic E-state index is 0.544. The Morgan fingerprint density at radius 3 is 2.90 bits per heavy atom. The highest BCUT2D eigenvalue weighted by atomic mass is 32.2. The van der Waals surface area contributed by atoms with Gasteiger partial charge in [0.1, 0.15) is 0 Å². The second-order valence-corrected chi connectivity index (χ2v) is 7.32. The Morgan fingerprint density at radius 1 is 1.25 bits per heavy atom. The van der Waals surface area contributed by atoms with Gasteiger partial charge in [-0.3, -0.25) is 0 Å². The van der Waals surface area contributed by atoms with E-state index >= 15 is 0 Å². The van der Waals surface area contributed by atoms with E-state index < -0.39 is 0 Å². The van der Waals surface area contributed by atoms with Gasteiger partial charge in [-0.1, -0.05) is 31.5 Å². The van der Waals surface area contributed by atoms with Crippen LogP contribution in [-0.4, -0.2) is 38.0 Å². The van der Waals surface area contributed by atoms with Gasteiger partial charge in [0.25, 0.3) is 0 Å². The van der Waals surface area contributed by atoms with E-state index in [1.54, 1.807) is 0 Å². The van der Waals surface area contributed by atoms with E-state index in [2.05, 4.69) is 32.4 Å². The predicted molar refractivity (Wildman–Crippen MR) is 80.9 cm³/mol. The molecule has 0 spiro atoms. The van der Waals surface area contributed by atoms with Gasteiger partial charge >= 0.3 is 0 Å². The molecule has 2 aliphatic rings. The standard InChI is InChI=1S/C14H25N5S/c1-2-9-15-11-7-8-13(10-11)20-14-16-17-18-19(14)12-5-3-4-6-12/h11-13,15H,2-10H2,1H3. The largest absolute Gasteiger partial charge is 0.314 e. The Balaban J connectivity index is 1.55. The van der Waals surface area contributed by atoms with Crippen LogP contribution in [-0.2, 0) is 0 Å². The molecule has 112 valence electrons. The molecule has 5 nitrogen and oxygen atoms in total. The number of hydrogen-bond acceptors (Lipinski definition) is 5. The number of tetrazole rings is 1. The fourth-order valence-corrected chi connectivity index (χ4v) is 4.63. The van der Waals surface area contributed by atoms with Crippen LogP contribution in [0.15, 0.2) is 5.16 Å². The molecule has 2 saturated carbocycles. The van der Waals surface area contributed by atoms with Crippen molar-refractivity contribution in [2.75, 3.05) is 6.54 Å². The molecule has 1 aromatic rings. The SMILES string of the molecule is CCCNC1CCC(Sc2nnnn2C2CCCC2)C1. The molecule has 1 aromatic heterocycles. The molecule has 3 rings (SSSR count). The van der Waals surface area contributed by atoms with Gasteiger partial charge in [0, 0.05) is 11.3 Å². The van der Waals surface area contributed by atoms with Gasteiger partial charge < -0.3 is 5.32 Å². The van der Waals surface area contributed by atoms with Crippen molar-refractivity contribution in [3.05, 3.63) is 0 Å². The number of nitrogens with one attached hydrogen (secondary N) is 1. The molecular formula is C14H25N5S. The van der Waals surface area contributed by atoms with Gasteiger partial charge in [-0.15, -0.1) is 5.10 Å². The minimum absolute atomic E-state index is 0.544. The first-order valence-corrected chi connectivity index (χ1v) is 8.92. The second kappa shape index (κ2) is 6.89. The van der Waals surface area contributed by atoms with E-state index in [9.17, 15) is 0 Å². The van der Waals surface area contributed by atoms with Gasteiger partial charge in [0.2, 0.25) is 5.16 Å². The lowest BCUT2D eigenvalue weighted by atomic mass is 10.2. The Morgan fingerprint density at radius 2 is 2.10 bits per heavy atom. The Bertz CT molecular complexity index is 415. The summed E-state index contributed by atoms with van der Waals surface area (Å²) in [5.74, 6) is 0. The number of aromatic nitrogens is 4. The van der Waals surface area contributed by atoms with Gasteiger partial charge in [0.15, 0.2) is 0 Å². The van der Waals surface area contributed by atoms with Gasteiger partial charge in [0.05, 0.1) is 6.04 Å². The maximum absolute atomic E-state index is 4.26. The molecule has 2 fully saturated rings. The second-order valence-electron chi connectivity index (χ2n) is 6.05. The van der Waals surface area contributed by atoms with Crippen molar-refractivity contribution >= 4 is 11.8 Å². The fraction of sp³-hybridized carbons (Fsp3) is 0.929. The molecule has 0 aromatic carbocycles. The molecule has 0 bridgehead atoms. The van der Waals surface area contributed by atoms with Crippen molar-refractivity contribution in [1.29, 1.82) is 0 Å². The summed E-state index contributed by atoms with van der Waals surface area (Å²) in [5.41, 5.74) is 0. The van der Waals surface area contributed by atoms with Crippen LogP contribution in [0, 0.1) is 0 Å². The highest BCUT2D eigenvalue weighted by molar-refractivity contribution is 7.99. The van der Waals surface area contributed by atoms with Crippen molar-refractivity contribution < 1.29 is 0 Å². The van der Waals surface area contributed by atoms with E-state index in [1.165, 1.54) is 51.4 Å². The van der Waals surface area contributed by atoms with Crippen LogP contribution in [0.1, 0.15) is 64.3 Å². The number of thioether (sulfide) groups is 1. The van der Waals surface area contributed by atoms with Gasteiger partial charge in [-0.2, -0.15) is 0 Å². The van der Waals surface area contributed by atoms with Crippen LogP contribution in [0.3, 0.4) is 0 Å². The van der Waals surface area contributed by atoms with Crippen LogP contribution in [0.2, 0.25) is 0 Å². The number of nitrogens with zero attached hydrogens (tertiary/aromatic N) is 4. The molecule has 1 N–H and O–H groups in total. The predicted octanol–water partition coefficient (Wildman–Crippen LogP) is 2.80. The molecule has 0 amide bonds. The van der Waals surface area contributed by atoms with Crippen molar-refractivity contribution in [2.45, 2.75) is 80.8 Å². The first kappa shape index (κ1) is 14.3. The zero-order valence-corrected chi connectivity index (χ0v) is 13.1. The molecule has 2 unspecified atom stereocenters.